The third-order valence-electron chi connectivity index (χ3n) is 1.22. The normalized spacial score (nSPS) is 9.20. The van der Waals surface area contributed by atoms with Crippen molar-refractivity contribution < 1.29 is 24.5 Å². The molecule has 0 saturated heterocycles. The van der Waals surface area contributed by atoms with Crippen LogP contribution >= 0.6 is 0 Å². The molecule has 0 spiro atoms. The third-order valence-corrected chi connectivity index (χ3v) is 1.22. The van der Waals surface area contributed by atoms with Crippen LogP contribution in [0.25, 0.3) is 11.1 Å². The van der Waals surface area contributed by atoms with E-state index in [1.54, 1.807) is 12.5 Å². The van der Waals surface area contributed by atoms with Crippen LogP contribution in [0.2, 0.25) is 0 Å². The Hall–Kier alpha value is -0.661. The van der Waals surface area contributed by atoms with Gasteiger partial charge >= 0.3 is 0 Å². The second kappa shape index (κ2) is 2.95. The molecule has 3 heteroatoms. The van der Waals surface area contributed by atoms with Crippen molar-refractivity contribution in [1.82, 2.24) is 4.98 Å². The van der Waals surface area contributed by atoms with Gasteiger partial charge in [-0.2, -0.15) is 0 Å². The SMILES string of the molecule is [Ir].c1cnc2ccoc2c1. The zero-order valence-corrected chi connectivity index (χ0v) is 7.47. The molecule has 10 heavy (non-hydrogen) atoms. The Kier molecular flexibility index (Phi) is 2.20. The van der Waals surface area contributed by atoms with Gasteiger partial charge in [-0.25, -0.2) is 0 Å². The van der Waals surface area contributed by atoms with Gasteiger partial charge in [0.15, 0.2) is 5.58 Å². The van der Waals surface area contributed by atoms with E-state index in [-0.39, 0.29) is 20.1 Å². The summed E-state index contributed by atoms with van der Waals surface area (Å²) < 4.78 is 5.06. The number of fused-ring (bicyclic) bond motifs is 1. The minimum absolute atomic E-state index is 0. The van der Waals surface area contributed by atoms with E-state index in [1.807, 2.05) is 18.2 Å². The molecule has 2 rings (SSSR count). The summed E-state index contributed by atoms with van der Waals surface area (Å²) >= 11 is 0. The average Bonchev–Trinajstić information content (AvgIpc) is 2.33. The number of hydrogen-bond donors (Lipinski definition) is 0. The number of hydrogen-bond acceptors (Lipinski definition) is 2. The van der Waals surface area contributed by atoms with Gasteiger partial charge in [-0.3, -0.25) is 4.98 Å². The topological polar surface area (TPSA) is 26.0 Å². The smallest absolute Gasteiger partial charge is 0.152 e. The zero-order valence-electron chi connectivity index (χ0n) is 5.08. The minimum Gasteiger partial charge on any atom is -0.463 e. The summed E-state index contributed by atoms with van der Waals surface area (Å²) in [7, 11) is 0. The van der Waals surface area contributed by atoms with E-state index in [0.717, 1.165) is 11.1 Å². The van der Waals surface area contributed by atoms with Crippen LogP contribution in [0.3, 0.4) is 0 Å². The van der Waals surface area contributed by atoms with E-state index in [1.165, 1.54) is 0 Å². The minimum atomic E-state index is 0. The molecule has 0 aliphatic rings. The Morgan fingerprint density at radius 1 is 1.30 bits per heavy atom. The summed E-state index contributed by atoms with van der Waals surface area (Å²) in [6.07, 6.45) is 3.38. The molecule has 0 N–H and O–H groups in total. The molecule has 0 bridgehead atoms. The van der Waals surface area contributed by atoms with Gasteiger partial charge in [-0.05, 0) is 12.1 Å². The molecule has 2 heterocycles. The third kappa shape index (κ3) is 1.10. The standard InChI is InChI=1S/C7H5NO.Ir/c1-2-7-6(8-4-1)3-5-9-7;/h1-5H;. The Balaban J connectivity index is 0.000000500. The molecule has 0 aliphatic heterocycles. The molecule has 0 fully saturated rings. The molecule has 0 amide bonds. The number of nitrogens with zero attached hydrogens (tertiary/aromatic N) is 1. The molecular weight excluding hydrogens is 306 g/mol. The molecule has 0 saturated carbocycles. The quantitative estimate of drug-likeness (QED) is 0.742. The van der Waals surface area contributed by atoms with Crippen molar-refractivity contribution in [2.24, 2.45) is 0 Å². The van der Waals surface area contributed by atoms with E-state index in [2.05, 4.69) is 4.98 Å². The van der Waals surface area contributed by atoms with Crippen molar-refractivity contribution in [2.75, 3.05) is 0 Å². The van der Waals surface area contributed by atoms with Crippen LogP contribution in [-0.4, -0.2) is 4.98 Å². The number of pyridine rings is 1. The van der Waals surface area contributed by atoms with Crippen molar-refractivity contribution >= 4 is 11.1 Å². The van der Waals surface area contributed by atoms with Crippen LogP contribution in [-0.2, 0) is 20.1 Å². The monoisotopic (exact) mass is 312 g/mol. The van der Waals surface area contributed by atoms with E-state index in [0.29, 0.717) is 0 Å². The number of furan rings is 1. The molecule has 2 aromatic heterocycles. The fraction of sp³-hybridized carbons (Fsp3) is 0. The Morgan fingerprint density at radius 2 is 2.20 bits per heavy atom. The van der Waals surface area contributed by atoms with Crippen molar-refractivity contribution in [3.8, 4) is 0 Å². The maximum absolute atomic E-state index is 5.06. The van der Waals surface area contributed by atoms with Gasteiger partial charge in [0.1, 0.15) is 5.52 Å². The first-order valence-corrected chi connectivity index (χ1v) is 2.75. The van der Waals surface area contributed by atoms with Crippen LogP contribution in [0, 0.1) is 0 Å². The summed E-state index contributed by atoms with van der Waals surface area (Å²) in [5.74, 6) is 0. The summed E-state index contributed by atoms with van der Waals surface area (Å²) in [4.78, 5) is 4.05. The zero-order chi connectivity index (χ0) is 6.10. The van der Waals surface area contributed by atoms with Gasteiger partial charge in [-0.1, -0.05) is 0 Å². The summed E-state index contributed by atoms with van der Waals surface area (Å²) in [6, 6.07) is 5.59. The van der Waals surface area contributed by atoms with Crippen molar-refractivity contribution in [1.29, 1.82) is 0 Å². The van der Waals surface area contributed by atoms with Crippen LogP contribution in [0.15, 0.2) is 35.1 Å². The van der Waals surface area contributed by atoms with E-state index < -0.39 is 0 Å². The van der Waals surface area contributed by atoms with Crippen LogP contribution < -0.4 is 0 Å². The van der Waals surface area contributed by atoms with Crippen molar-refractivity contribution in [2.45, 2.75) is 0 Å². The molecular formula is C7H5IrNO. The van der Waals surface area contributed by atoms with Crippen LogP contribution in [0.5, 0.6) is 0 Å². The van der Waals surface area contributed by atoms with Crippen molar-refractivity contribution in [3.63, 3.8) is 0 Å². The molecule has 2 nitrogen and oxygen atoms in total. The molecule has 53 valence electrons. The molecule has 0 aromatic carbocycles. The predicted molar refractivity (Wildman–Crippen MR) is 34.0 cm³/mol. The number of rotatable bonds is 0. The predicted octanol–water partition coefficient (Wildman–Crippen LogP) is 1.83. The van der Waals surface area contributed by atoms with Gasteiger partial charge in [0.05, 0.1) is 6.26 Å². The largest absolute Gasteiger partial charge is 0.463 e. The van der Waals surface area contributed by atoms with E-state index in [4.69, 9.17) is 4.42 Å². The van der Waals surface area contributed by atoms with Gasteiger partial charge in [-0.15, -0.1) is 0 Å². The van der Waals surface area contributed by atoms with Gasteiger partial charge in [0.25, 0.3) is 0 Å². The molecule has 2 aromatic rings. The summed E-state index contributed by atoms with van der Waals surface area (Å²) in [5, 5.41) is 0. The first-order valence-electron chi connectivity index (χ1n) is 2.75. The second-order valence-corrected chi connectivity index (χ2v) is 1.81. The van der Waals surface area contributed by atoms with E-state index >= 15 is 0 Å². The molecule has 0 atom stereocenters. The Bertz CT molecular complexity index is 288. The van der Waals surface area contributed by atoms with Gasteiger partial charge in [0.2, 0.25) is 0 Å². The fourth-order valence-corrected chi connectivity index (χ4v) is 0.799. The van der Waals surface area contributed by atoms with Crippen LogP contribution in [0.1, 0.15) is 0 Å². The van der Waals surface area contributed by atoms with Gasteiger partial charge in [0, 0.05) is 32.4 Å². The first kappa shape index (κ1) is 7.45. The molecule has 1 radical (unpaired) electrons. The van der Waals surface area contributed by atoms with Crippen molar-refractivity contribution in [3.05, 3.63) is 30.7 Å². The Morgan fingerprint density at radius 3 is 3.00 bits per heavy atom. The van der Waals surface area contributed by atoms with E-state index in [9.17, 15) is 0 Å². The van der Waals surface area contributed by atoms with Crippen LogP contribution in [0.4, 0.5) is 0 Å². The van der Waals surface area contributed by atoms with Gasteiger partial charge < -0.3 is 4.42 Å². The maximum Gasteiger partial charge on any atom is 0.152 e. The maximum atomic E-state index is 5.06. The average molecular weight is 311 g/mol. The molecule has 0 aliphatic carbocycles. The number of aromatic nitrogens is 1. The fourth-order valence-electron chi connectivity index (χ4n) is 0.799. The summed E-state index contributed by atoms with van der Waals surface area (Å²) in [6.45, 7) is 0. The summed E-state index contributed by atoms with van der Waals surface area (Å²) in [5.41, 5.74) is 1.76. The second-order valence-electron chi connectivity index (χ2n) is 1.81. The molecule has 0 unspecified atom stereocenters. The Labute approximate surface area is 71.6 Å². The first-order chi connectivity index (χ1) is 4.47.